The van der Waals surface area contributed by atoms with Crippen LogP contribution in [0.25, 0.3) is 0 Å². The summed E-state index contributed by atoms with van der Waals surface area (Å²) in [7, 11) is 6.32. The summed E-state index contributed by atoms with van der Waals surface area (Å²) in [5.74, 6) is 2.27. The van der Waals surface area contributed by atoms with Crippen LogP contribution in [0.3, 0.4) is 0 Å². The van der Waals surface area contributed by atoms with E-state index in [-0.39, 0.29) is 35.6 Å². The summed E-state index contributed by atoms with van der Waals surface area (Å²) in [5.41, 5.74) is 20.0. The average molecular weight is 1870 g/mol. The largest absolute Gasteiger partial charge is 0.491 e. The molecule has 5 saturated heterocycles. The zero-order chi connectivity index (χ0) is 87.7. The third-order valence-corrected chi connectivity index (χ3v) is 28.8. The van der Waals surface area contributed by atoms with Gasteiger partial charge < -0.3 is 131 Å². The lowest BCUT2D eigenvalue weighted by molar-refractivity contribution is -0.117. The fourth-order valence-electron chi connectivity index (χ4n) is 13.2. The molecule has 654 valence electrons. The molecule has 10 heterocycles. The predicted octanol–water partition coefficient (Wildman–Crippen LogP) is 5.23. The van der Waals surface area contributed by atoms with E-state index in [0.29, 0.717) is 79.8 Å². The molecule has 1 aromatic heterocycles. The van der Waals surface area contributed by atoms with Gasteiger partial charge >= 0.3 is 0 Å². The Morgan fingerprint density at radius 3 is 1.28 bits per heavy atom. The Balaban J connectivity index is 0.000000226. The van der Waals surface area contributed by atoms with Crippen LogP contribution in [-0.4, -0.2) is 365 Å². The second-order valence-corrected chi connectivity index (χ2v) is 57.0. The van der Waals surface area contributed by atoms with E-state index in [1.807, 2.05) is 20.2 Å². The number of carbonyl (C=O) groups is 1. The minimum atomic E-state index is -1.26. The monoisotopic (exact) mass is 1870 g/mol. The molecule has 0 aliphatic carbocycles. The summed E-state index contributed by atoms with van der Waals surface area (Å²) in [6, 6.07) is 0. The average Bonchev–Trinajstić information content (AvgIpc) is 1.66. The van der Waals surface area contributed by atoms with Gasteiger partial charge in [-0.15, -0.1) is 65.9 Å². The first kappa shape index (κ1) is 100. The van der Waals surface area contributed by atoms with E-state index in [4.69, 9.17) is 67.3 Å². The molecule has 10 rings (SSSR count). The van der Waals surface area contributed by atoms with Crippen molar-refractivity contribution in [3.63, 3.8) is 0 Å². The zero-order valence-corrected chi connectivity index (χ0v) is 78.3. The lowest BCUT2D eigenvalue weighted by atomic mass is 10.0. The van der Waals surface area contributed by atoms with Crippen molar-refractivity contribution in [2.75, 3.05) is 119 Å². The molecule has 9 aliphatic rings. The molecule has 5 fully saturated rings. The molecule has 31 nitrogen and oxygen atoms in total. The number of amidine groups is 3. The van der Waals surface area contributed by atoms with E-state index in [1.165, 1.54) is 26.0 Å². The first-order chi connectivity index (χ1) is 53.5. The van der Waals surface area contributed by atoms with Crippen molar-refractivity contribution >= 4 is 133 Å². The number of hydrogen-bond acceptors (Lipinski definition) is 30. The summed E-state index contributed by atoms with van der Waals surface area (Å²) in [4.78, 5) is 34.5. The number of aromatic nitrogens is 2. The third kappa shape index (κ3) is 27.8. The number of carbonyl (C=O) groups excluding carboxylic acids is 1. The predicted molar refractivity (Wildman–Crippen MR) is 488 cm³/mol. The number of halogens is 2. The number of methoxy groups -OCH3 is 3. The normalized spacial score (nSPS) is 31.0. The number of amides is 1. The molecule has 1 amide bonds. The lowest BCUT2D eigenvalue weighted by Gasteiger charge is -2.32. The molecule has 39 heteroatoms. The smallest absolute Gasteiger partial charge is 0.222 e. The van der Waals surface area contributed by atoms with Gasteiger partial charge in [-0.3, -0.25) is 4.79 Å². The van der Waals surface area contributed by atoms with E-state index in [2.05, 4.69) is 182 Å². The van der Waals surface area contributed by atoms with Crippen molar-refractivity contribution < 1.29 is 88.6 Å². The van der Waals surface area contributed by atoms with Crippen molar-refractivity contribution in [1.29, 1.82) is 0 Å². The van der Waals surface area contributed by atoms with Crippen LogP contribution in [0.2, 0.25) is 0 Å². The molecule has 0 bridgehead atoms. The van der Waals surface area contributed by atoms with Crippen LogP contribution in [0, 0.1) is 11.7 Å². The van der Waals surface area contributed by atoms with Crippen LogP contribution < -0.4 is 22.5 Å². The summed E-state index contributed by atoms with van der Waals surface area (Å²) < 4.78 is 49.1. The molecule has 0 unspecified atom stereocenters. The SMILES string of the molecule is C=C1C=C(N)C(Br)=CN1[C@@H]1O[C@H](CCP(=C)(C)C)[C@@H](O)[C@H]1O.C=C1N=C(N)C(Br)=CN1[C@@H]1O[C@H](CCP(=C)(C)C)[C@@H](O)[C@H]1O.C=C1N=C(N)C(OC)=CN1[C@@H]1O[C@H](CCP(=C)(C)C)[C@@H](O)[C@H]1OC.C=C1N=C(NC(C)=O)C(OC)=CN1[C@@H]1O[C@H](CCP(=C)(C)C)[C@@H](O)[C@H]1O.C=P(C)(C)CC[C@H]1O[C@@H](c2cn(C)c(=S)nc2C)[C@H](O)[C@@H]1O. The maximum atomic E-state index is 11.3. The molecule has 0 aromatic carbocycles. The maximum Gasteiger partial charge on any atom is 0.222 e. The van der Waals surface area contributed by atoms with Crippen LogP contribution in [0.1, 0.15) is 56.4 Å². The third-order valence-electron chi connectivity index (χ3n) is 19.8. The Hall–Kier alpha value is -4.50. The summed E-state index contributed by atoms with van der Waals surface area (Å²) in [6.07, 6.45) is 24.3. The number of aryl methyl sites for hydroxylation is 2. The van der Waals surface area contributed by atoms with Gasteiger partial charge in [-0.05, 0) is 187 Å². The number of allylic oxidation sites excluding steroid dienone is 2. The highest BCUT2D eigenvalue weighted by molar-refractivity contribution is 9.12. The molecule has 0 radical (unpaired) electrons. The van der Waals surface area contributed by atoms with Crippen LogP contribution in [0.5, 0.6) is 0 Å². The van der Waals surface area contributed by atoms with Gasteiger partial charge in [0.2, 0.25) is 5.91 Å². The van der Waals surface area contributed by atoms with Crippen LogP contribution in [0.15, 0.2) is 128 Å². The second-order valence-electron chi connectivity index (χ2n) is 33.3. The van der Waals surface area contributed by atoms with E-state index >= 15 is 0 Å². The molecular weight excluding hydrogens is 1740 g/mol. The van der Waals surface area contributed by atoms with Crippen molar-refractivity contribution in [3.05, 3.63) is 129 Å². The fourth-order valence-corrected chi connectivity index (χ4v) is 18.8. The van der Waals surface area contributed by atoms with Gasteiger partial charge in [0.25, 0.3) is 0 Å². The first-order valence-corrected chi connectivity index (χ1v) is 54.8. The second kappa shape index (κ2) is 42.1. The minimum absolute atomic E-state index is 0.231. The summed E-state index contributed by atoms with van der Waals surface area (Å²) in [6.45, 7) is 34.0. The molecule has 20 atom stereocenters. The first-order valence-electron chi connectivity index (χ1n) is 37.5. The summed E-state index contributed by atoms with van der Waals surface area (Å²) in [5, 5.41) is 95.6. The van der Waals surface area contributed by atoms with Crippen LogP contribution in [0.4, 0.5) is 0 Å². The number of aliphatic hydroxyl groups is 9. The van der Waals surface area contributed by atoms with Gasteiger partial charge in [0.05, 0.1) is 66.1 Å². The fraction of sp³-hybridized carbons (Fsp3) is 0.597. The van der Waals surface area contributed by atoms with E-state index < -0.39 is 145 Å². The molecule has 0 spiro atoms. The number of nitrogens with zero attached hydrogens (tertiary/aromatic N) is 9. The molecule has 116 heavy (non-hydrogen) atoms. The van der Waals surface area contributed by atoms with Crippen molar-refractivity contribution in [1.82, 2.24) is 34.5 Å². The Morgan fingerprint density at radius 2 is 0.871 bits per heavy atom. The van der Waals surface area contributed by atoms with Gasteiger partial charge in [-0.1, -0.05) is 26.3 Å². The highest BCUT2D eigenvalue weighted by Gasteiger charge is 2.51. The highest BCUT2D eigenvalue weighted by Crippen LogP contribution is 2.46. The number of aliphatic imine (C=N–C) groups is 3. The van der Waals surface area contributed by atoms with Gasteiger partial charge in [0.15, 0.2) is 52.9 Å². The Kier molecular flexibility index (Phi) is 36.4. The molecule has 0 saturated carbocycles. The van der Waals surface area contributed by atoms with Crippen LogP contribution >= 0.6 is 78.5 Å². The maximum absolute atomic E-state index is 11.3. The minimum Gasteiger partial charge on any atom is -0.491 e. The molecule has 16 N–H and O–H groups in total. The number of rotatable bonds is 23. The standard InChI is InChI=1S/C17H28N3O5P.C16H28N3O4P.C15H24BrN2O3P.C15H25N2O3PS.C14H23BrN3O3P/c1-10-18-16(19-11(2)21)13(24-3)9-20(10)17-15(23)14(22)12(25-17)7-8-26(4,5)6;1-10-18-15(17)12(21-2)9-19(10)16-14(22-3)13(20)11(23-16)7-8-24(4,5)6;1-9-7-11(17)10(16)8-18(9)15-14(20)13(19)12(21-15)5-6-22(2,3)4;1-9-10(8-17(2)15(22)16-9)14-13(19)12(18)11(20-14)6-7-21(3,4)5;1-8-17-13(16)9(15)7-18(8)14-12(20)11(19)10(21-14)5-6-22(2,3)4/h9,12,14-15,17,22-23H,1,4,7-8H2,2-3,5-6H3,(H,18,19,21);9,11,13-14,16,20H,1,4,7-8H2,2-3,5-6H3,(H2,17,18);7-8,12-15,19-20H,1-2,5-6,17H2,3-4H3;8,11-14,18-19H,3,6-7H2,1-2,4-5H3;7,10-12,14,19-20H,1-2,5-6H2,3-4H3,(H2,16,17)/t12-,14-,15-,17-;11-,13-,14-,16-;12-,13-,14-,15-;11-,12-,13-,14+;10-,11-,12-,14-/m11111/s1. The van der Waals surface area contributed by atoms with Gasteiger partial charge in [-0.2, -0.15) is 0 Å². The number of nitrogens with one attached hydrogen (secondary N) is 1. The quantitative estimate of drug-likeness (QED) is 0.0492. The van der Waals surface area contributed by atoms with Crippen molar-refractivity contribution in [2.45, 2.75) is 169 Å². The number of hydrogen-bond donors (Lipinski definition) is 13. The topological polar surface area (TPSA) is 431 Å². The van der Waals surface area contributed by atoms with E-state index in [9.17, 15) is 50.8 Å². The Bertz CT molecular complexity index is 4220. The number of ether oxygens (including phenoxy) is 8. The molecule has 1 aromatic rings. The zero-order valence-electron chi connectivity index (χ0n) is 69.8. The van der Waals surface area contributed by atoms with Gasteiger partial charge in [0.1, 0.15) is 90.4 Å². The number of aliphatic hydroxyl groups excluding tert-OH is 9. The highest BCUT2D eigenvalue weighted by atomic mass is 79.9. The molecular formula is C77H128Br2N13O18P5S. The summed E-state index contributed by atoms with van der Waals surface area (Å²) >= 11 is 11.8. The van der Waals surface area contributed by atoms with Crippen LogP contribution in [-0.2, 0) is 49.7 Å². The Labute approximate surface area is 707 Å². The van der Waals surface area contributed by atoms with Crippen molar-refractivity contribution in [3.8, 4) is 0 Å². The lowest BCUT2D eigenvalue weighted by Crippen LogP contribution is -2.43. The Morgan fingerprint density at radius 1 is 0.517 bits per heavy atom. The van der Waals surface area contributed by atoms with Crippen molar-refractivity contribution in [2.24, 2.45) is 39.2 Å². The molecule has 9 aliphatic heterocycles. The van der Waals surface area contributed by atoms with E-state index in [0.717, 1.165) is 48.5 Å². The van der Waals surface area contributed by atoms with Gasteiger partial charge in [-0.25, -0.2) is 20.0 Å². The van der Waals surface area contributed by atoms with E-state index in [1.54, 1.807) is 57.3 Å². The van der Waals surface area contributed by atoms with Gasteiger partial charge in [0, 0.05) is 62.3 Å². The number of nitrogens with two attached hydrogens (primary N) is 3.